The van der Waals surface area contributed by atoms with Gasteiger partial charge in [0.1, 0.15) is 48.3 Å². The Labute approximate surface area is 459 Å². The Balaban J connectivity index is 1.48. The molecular formula is C50H73N17O11S. The zero-order chi connectivity index (χ0) is 58.3. The average Bonchev–Trinajstić information content (AvgIpc) is 4.22. The second-order valence-corrected chi connectivity index (χ2v) is 20.5. The number of nitrogens with two attached hydrogens (primary N) is 3. The molecule has 4 rings (SSSR count). The number of benzene rings is 1. The molecule has 8 atom stereocenters. The number of hydrogen-bond acceptors (Lipinski definition) is 15. The first-order valence-corrected chi connectivity index (χ1v) is 26.8. The van der Waals surface area contributed by atoms with Gasteiger partial charge in [0.25, 0.3) is 0 Å². The van der Waals surface area contributed by atoms with Crippen molar-refractivity contribution in [2.75, 3.05) is 25.1 Å². The smallest absolute Gasteiger partial charge is 0.243 e. The number of primary amides is 2. The van der Waals surface area contributed by atoms with Crippen molar-refractivity contribution >= 4 is 87.6 Å². The van der Waals surface area contributed by atoms with Crippen molar-refractivity contribution in [3.63, 3.8) is 0 Å². The monoisotopic (exact) mass is 1120 g/mol. The van der Waals surface area contributed by atoms with Gasteiger partial charge in [-0.1, -0.05) is 45.9 Å². The van der Waals surface area contributed by atoms with Crippen LogP contribution >= 0.6 is 11.8 Å². The number of carbonyl (C=O) groups excluding carboxylic acids is 11. The summed E-state index contributed by atoms with van der Waals surface area (Å²) in [5.41, 5.74) is 18.5. The van der Waals surface area contributed by atoms with Gasteiger partial charge in [-0.25, -0.2) is 9.97 Å². The number of aromatic nitrogens is 5. The molecule has 430 valence electrons. The SMILES string of the molecule is CSCC[C@@H](NC(=O)C(CC(C)C)NC(=O)[C@H](Cc1cnc[nH]1)NC(=O)CNC(=O)[C@H](NC(=O)[C@H](C)NC(=O)[C@@H](Cc1c[nH]c2ccccc12)NC(=O)[C@H](Cc1cnc[nH]1)NC(=O)[C@@H](CC(N)=O)NC(=O)CN)C(C)C)C(N)=O. The van der Waals surface area contributed by atoms with E-state index in [1.807, 2.05) is 20.1 Å². The van der Waals surface area contributed by atoms with Gasteiger partial charge >= 0.3 is 0 Å². The number of carbonyl (C=O) groups is 11. The fourth-order valence-electron chi connectivity index (χ4n) is 8.07. The summed E-state index contributed by atoms with van der Waals surface area (Å²) in [6.45, 7) is 7.10. The summed E-state index contributed by atoms with van der Waals surface area (Å²) in [6.07, 6.45) is 8.42. The van der Waals surface area contributed by atoms with E-state index >= 15 is 0 Å². The Morgan fingerprint density at radius 1 is 0.595 bits per heavy atom. The van der Waals surface area contributed by atoms with Crippen molar-refractivity contribution in [3.05, 3.63) is 72.5 Å². The number of para-hydroxylation sites is 1. The van der Waals surface area contributed by atoms with Crippen LogP contribution in [0.25, 0.3) is 10.9 Å². The van der Waals surface area contributed by atoms with Crippen molar-refractivity contribution in [2.24, 2.45) is 29.0 Å². The summed E-state index contributed by atoms with van der Waals surface area (Å²) < 4.78 is 0. The van der Waals surface area contributed by atoms with Gasteiger partial charge in [-0.05, 0) is 55.2 Å². The van der Waals surface area contributed by atoms with E-state index in [1.54, 1.807) is 44.3 Å². The molecule has 0 saturated heterocycles. The second kappa shape index (κ2) is 31.2. The molecule has 11 amide bonds. The topological polar surface area (TPSA) is 447 Å². The largest absolute Gasteiger partial charge is 0.370 e. The van der Waals surface area contributed by atoms with Crippen molar-refractivity contribution in [1.82, 2.24) is 72.8 Å². The summed E-state index contributed by atoms with van der Waals surface area (Å²) >= 11 is 1.46. The van der Waals surface area contributed by atoms with Crippen molar-refractivity contribution in [2.45, 2.75) is 121 Å². The Bertz CT molecular complexity index is 2730. The highest BCUT2D eigenvalue weighted by atomic mass is 32.2. The van der Waals surface area contributed by atoms with Gasteiger partial charge in [0.2, 0.25) is 65.0 Å². The standard InChI is InChI=1S/C50H73N17O11S/c1-25(2)13-34(46(74)63-33(43(53)71)11-12-79-6)64-47(75)36(15-29-20-54-23-58-29)62-41(70)22-57-50(78)42(26(3)4)67-44(72)27(5)60-45(73)35(14-28-19-56-32-10-8-7-9-31(28)32)65-48(76)37(16-30-21-55-24-59-30)66-49(77)38(17-39(52)68)61-40(69)18-51/h7-10,19-21,23-27,33-38,42,56H,11-18,22,51H2,1-6H3,(H2,52,68)(H2,53,71)(H,54,58)(H,55,59)(H,57,78)(H,60,73)(H,61,69)(H,62,70)(H,63,74)(H,64,75)(H,65,76)(H,66,77)(H,67,72)/t27-,33+,34?,35+,36-,37-,38+,42+/m0/s1. The fraction of sp³-hybridized carbons (Fsp3) is 0.500. The Hall–Kier alpha value is -8.34. The second-order valence-electron chi connectivity index (χ2n) is 19.5. The molecule has 18 N–H and O–H groups in total. The number of nitrogens with zero attached hydrogens (tertiary/aromatic N) is 2. The molecule has 3 heterocycles. The van der Waals surface area contributed by atoms with Gasteiger partial charge in [-0.2, -0.15) is 11.8 Å². The molecule has 3 aromatic heterocycles. The van der Waals surface area contributed by atoms with Crippen LogP contribution in [0.5, 0.6) is 0 Å². The van der Waals surface area contributed by atoms with Gasteiger partial charge < -0.3 is 80.0 Å². The van der Waals surface area contributed by atoms with E-state index in [2.05, 4.69) is 72.8 Å². The number of rotatable bonds is 33. The van der Waals surface area contributed by atoms with Crippen molar-refractivity contribution < 1.29 is 52.7 Å². The van der Waals surface area contributed by atoms with Crippen LogP contribution in [0.3, 0.4) is 0 Å². The molecular weight excluding hydrogens is 1050 g/mol. The molecule has 28 nitrogen and oxygen atoms in total. The number of imidazole rings is 2. The maximum Gasteiger partial charge on any atom is 0.243 e. The lowest BCUT2D eigenvalue weighted by atomic mass is 10.0. The van der Waals surface area contributed by atoms with Crippen LogP contribution < -0.4 is 65.1 Å². The lowest BCUT2D eigenvalue weighted by Crippen LogP contribution is -2.60. The summed E-state index contributed by atoms with van der Waals surface area (Å²) in [6, 6.07) is -3.17. The maximum absolute atomic E-state index is 14.3. The van der Waals surface area contributed by atoms with Crippen LogP contribution in [0.2, 0.25) is 0 Å². The number of thioether (sulfide) groups is 1. The summed E-state index contributed by atoms with van der Waals surface area (Å²) in [4.78, 5) is 163. The first-order valence-electron chi connectivity index (χ1n) is 25.4. The predicted molar refractivity (Wildman–Crippen MR) is 290 cm³/mol. The van der Waals surface area contributed by atoms with Crippen LogP contribution in [0, 0.1) is 11.8 Å². The highest BCUT2D eigenvalue weighted by Gasteiger charge is 2.35. The van der Waals surface area contributed by atoms with E-state index in [4.69, 9.17) is 17.2 Å². The molecule has 1 aromatic carbocycles. The van der Waals surface area contributed by atoms with E-state index in [0.717, 1.165) is 10.9 Å². The number of hydrogen-bond donors (Lipinski definition) is 15. The van der Waals surface area contributed by atoms with Gasteiger partial charge in [0.15, 0.2) is 0 Å². The zero-order valence-electron chi connectivity index (χ0n) is 44.9. The molecule has 0 saturated carbocycles. The lowest BCUT2D eigenvalue weighted by Gasteiger charge is -2.27. The highest BCUT2D eigenvalue weighted by Crippen LogP contribution is 2.20. The number of aromatic amines is 3. The maximum atomic E-state index is 14.3. The van der Waals surface area contributed by atoms with Crippen molar-refractivity contribution in [1.29, 1.82) is 0 Å². The minimum atomic E-state index is -1.51. The summed E-state index contributed by atoms with van der Waals surface area (Å²) in [7, 11) is 0. The van der Waals surface area contributed by atoms with Crippen LogP contribution in [0.1, 0.15) is 70.8 Å². The Morgan fingerprint density at radius 2 is 1.13 bits per heavy atom. The molecule has 0 bridgehead atoms. The molecule has 1 unspecified atom stereocenters. The fourth-order valence-corrected chi connectivity index (χ4v) is 8.54. The highest BCUT2D eigenvalue weighted by molar-refractivity contribution is 7.98. The van der Waals surface area contributed by atoms with E-state index < -0.39 is 139 Å². The van der Waals surface area contributed by atoms with Gasteiger partial charge in [-0.15, -0.1) is 0 Å². The lowest BCUT2D eigenvalue weighted by molar-refractivity contribution is -0.135. The average molecular weight is 1120 g/mol. The number of amides is 11. The van der Waals surface area contributed by atoms with Crippen LogP contribution in [0.4, 0.5) is 0 Å². The van der Waals surface area contributed by atoms with E-state index in [-0.39, 0.29) is 38.0 Å². The minimum absolute atomic E-state index is 0.0865. The third-order valence-corrected chi connectivity index (χ3v) is 12.9. The normalized spacial score (nSPS) is 14.2. The van der Waals surface area contributed by atoms with Crippen LogP contribution in [0.15, 0.2) is 55.5 Å². The molecule has 0 fully saturated rings. The summed E-state index contributed by atoms with van der Waals surface area (Å²) in [5, 5.41) is 23.8. The van der Waals surface area contributed by atoms with Gasteiger partial charge in [-0.3, -0.25) is 52.7 Å². The van der Waals surface area contributed by atoms with Crippen molar-refractivity contribution in [3.8, 4) is 0 Å². The quantitative estimate of drug-likeness (QED) is 0.0220. The van der Waals surface area contributed by atoms with E-state index in [9.17, 15) is 52.7 Å². The third kappa shape index (κ3) is 20.5. The minimum Gasteiger partial charge on any atom is -0.370 e. The first-order chi connectivity index (χ1) is 37.5. The Morgan fingerprint density at radius 3 is 1.67 bits per heavy atom. The molecule has 0 aliphatic heterocycles. The van der Waals surface area contributed by atoms with Gasteiger partial charge in [0, 0.05) is 60.1 Å². The first kappa shape index (κ1) is 63.2. The molecule has 4 aromatic rings. The number of nitrogens with one attached hydrogen (secondary N) is 12. The molecule has 0 aliphatic rings. The van der Waals surface area contributed by atoms with E-state index in [1.165, 1.54) is 43.7 Å². The van der Waals surface area contributed by atoms with Crippen LogP contribution in [-0.4, -0.2) is 163 Å². The number of fused-ring (bicyclic) bond motifs is 1. The third-order valence-electron chi connectivity index (χ3n) is 12.2. The molecule has 29 heteroatoms. The van der Waals surface area contributed by atoms with Crippen LogP contribution in [-0.2, 0) is 72.0 Å². The van der Waals surface area contributed by atoms with E-state index in [0.29, 0.717) is 22.7 Å². The molecule has 0 radical (unpaired) electrons. The summed E-state index contributed by atoms with van der Waals surface area (Å²) in [5.74, 6) is -9.07. The molecule has 79 heavy (non-hydrogen) atoms. The van der Waals surface area contributed by atoms with Gasteiger partial charge in [0.05, 0.1) is 32.2 Å². The zero-order valence-corrected chi connectivity index (χ0v) is 45.7. The molecule has 0 aliphatic carbocycles. The molecule has 0 spiro atoms. The Kier molecular flexibility index (Phi) is 24.9. The predicted octanol–water partition coefficient (Wildman–Crippen LogP) is -3.57. The number of H-pyrrole nitrogens is 3.